The summed E-state index contributed by atoms with van der Waals surface area (Å²) in [6.45, 7) is 0. The lowest BCUT2D eigenvalue weighted by Gasteiger charge is -2.08. The number of nitrogens with zero attached hydrogens (tertiary/aromatic N) is 2. The summed E-state index contributed by atoms with van der Waals surface area (Å²) in [7, 11) is 0. The predicted molar refractivity (Wildman–Crippen MR) is 126 cm³/mol. The molecule has 0 spiro atoms. The van der Waals surface area contributed by atoms with Crippen molar-refractivity contribution in [2.24, 2.45) is 10.2 Å². The number of benzene rings is 4. The summed E-state index contributed by atoms with van der Waals surface area (Å²) in [6, 6.07) is 41.4. The molecule has 0 aromatic heterocycles. The van der Waals surface area contributed by atoms with Crippen molar-refractivity contribution >= 4 is 11.4 Å². The molecular formula is C28H24N2. The lowest BCUT2D eigenvalue weighted by atomic mass is 10.0. The number of hydrogen-bond donors (Lipinski definition) is 0. The molecule has 0 aliphatic heterocycles. The van der Waals surface area contributed by atoms with E-state index in [0.717, 1.165) is 35.4 Å². The van der Waals surface area contributed by atoms with E-state index in [9.17, 15) is 0 Å². The first kappa shape index (κ1) is 19.5. The summed E-state index contributed by atoms with van der Waals surface area (Å²) >= 11 is 0. The smallest absolute Gasteiger partial charge is 0.0746 e. The molecule has 0 heterocycles. The summed E-state index contributed by atoms with van der Waals surface area (Å²) in [5, 5.41) is 9.53. The normalized spacial score (nSPS) is 12.0. The van der Waals surface area contributed by atoms with Gasteiger partial charge in [0.25, 0.3) is 0 Å². The van der Waals surface area contributed by atoms with E-state index >= 15 is 0 Å². The zero-order chi connectivity index (χ0) is 20.4. The van der Waals surface area contributed by atoms with Crippen LogP contribution in [0.3, 0.4) is 0 Å². The first-order valence-corrected chi connectivity index (χ1v) is 10.2. The molecule has 0 N–H and O–H groups in total. The van der Waals surface area contributed by atoms with Crippen LogP contribution in [-0.2, 0) is 12.8 Å². The number of rotatable bonds is 7. The Morgan fingerprint density at radius 2 is 0.700 bits per heavy atom. The molecule has 30 heavy (non-hydrogen) atoms. The van der Waals surface area contributed by atoms with Crippen LogP contribution in [0.1, 0.15) is 22.3 Å². The molecule has 0 aliphatic rings. The van der Waals surface area contributed by atoms with Crippen LogP contribution in [-0.4, -0.2) is 11.4 Å². The van der Waals surface area contributed by atoms with E-state index in [1.54, 1.807) is 0 Å². The van der Waals surface area contributed by atoms with E-state index in [0.29, 0.717) is 0 Å². The van der Waals surface area contributed by atoms with Gasteiger partial charge in [-0.15, -0.1) is 0 Å². The minimum Gasteiger partial charge on any atom is -0.154 e. The Kier molecular flexibility index (Phi) is 6.59. The van der Waals surface area contributed by atoms with Gasteiger partial charge in [0, 0.05) is 12.8 Å². The van der Waals surface area contributed by atoms with E-state index in [1.807, 2.05) is 48.5 Å². The van der Waals surface area contributed by atoms with E-state index in [1.165, 1.54) is 11.1 Å². The second kappa shape index (κ2) is 10.1. The Bertz CT molecular complexity index is 1010. The highest BCUT2D eigenvalue weighted by atomic mass is 15.2. The van der Waals surface area contributed by atoms with Gasteiger partial charge in [-0.3, -0.25) is 0 Å². The SMILES string of the molecule is c1ccc(C/C(=N\N=C(/Cc2ccccc2)c2ccccc2)c2ccccc2)cc1. The van der Waals surface area contributed by atoms with Gasteiger partial charge in [-0.05, 0) is 22.3 Å². The molecule has 0 saturated carbocycles. The molecule has 4 aromatic rings. The van der Waals surface area contributed by atoms with Crippen molar-refractivity contribution in [2.45, 2.75) is 12.8 Å². The fraction of sp³-hybridized carbons (Fsp3) is 0.0714. The third kappa shape index (κ3) is 5.39. The van der Waals surface area contributed by atoms with Gasteiger partial charge in [0.15, 0.2) is 0 Å². The van der Waals surface area contributed by atoms with Gasteiger partial charge >= 0.3 is 0 Å². The maximum atomic E-state index is 4.77. The van der Waals surface area contributed by atoms with E-state index in [4.69, 9.17) is 10.2 Å². The lowest BCUT2D eigenvalue weighted by Crippen LogP contribution is -2.08. The molecule has 0 atom stereocenters. The molecule has 4 rings (SSSR count). The average molecular weight is 389 g/mol. The van der Waals surface area contributed by atoms with Gasteiger partial charge in [-0.2, -0.15) is 10.2 Å². The van der Waals surface area contributed by atoms with Crippen molar-refractivity contribution in [3.8, 4) is 0 Å². The molecule has 2 nitrogen and oxygen atoms in total. The van der Waals surface area contributed by atoms with Gasteiger partial charge in [0.2, 0.25) is 0 Å². The predicted octanol–water partition coefficient (Wildman–Crippen LogP) is 6.37. The molecule has 4 aromatic carbocycles. The minimum absolute atomic E-state index is 0.738. The molecule has 146 valence electrons. The second-order valence-corrected chi connectivity index (χ2v) is 7.15. The summed E-state index contributed by atoms with van der Waals surface area (Å²) < 4.78 is 0. The Labute approximate surface area is 178 Å². The van der Waals surface area contributed by atoms with E-state index < -0.39 is 0 Å². The highest BCUT2D eigenvalue weighted by molar-refractivity contribution is 6.04. The highest BCUT2D eigenvalue weighted by Crippen LogP contribution is 2.12. The van der Waals surface area contributed by atoms with Crippen LogP contribution in [0, 0.1) is 0 Å². The van der Waals surface area contributed by atoms with Crippen LogP contribution < -0.4 is 0 Å². The number of hydrogen-bond acceptors (Lipinski definition) is 2. The van der Waals surface area contributed by atoms with Crippen molar-refractivity contribution < 1.29 is 0 Å². The van der Waals surface area contributed by atoms with Gasteiger partial charge in [0.1, 0.15) is 0 Å². The molecule has 0 unspecified atom stereocenters. The van der Waals surface area contributed by atoms with Gasteiger partial charge in [-0.1, -0.05) is 121 Å². The quantitative estimate of drug-likeness (QED) is 0.260. The van der Waals surface area contributed by atoms with Crippen LogP contribution in [0.2, 0.25) is 0 Å². The second-order valence-electron chi connectivity index (χ2n) is 7.15. The topological polar surface area (TPSA) is 24.7 Å². The average Bonchev–Trinajstić information content (AvgIpc) is 2.83. The van der Waals surface area contributed by atoms with Crippen LogP contribution in [0.5, 0.6) is 0 Å². The van der Waals surface area contributed by atoms with Crippen molar-refractivity contribution in [1.82, 2.24) is 0 Å². The zero-order valence-corrected chi connectivity index (χ0v) is 16.9. The van der Waals surface area contributed by atoms with Gasteiger partial charge < -0.3 is 0 Å². The van der Waals surface area contributed by atoms with Crippen LogP contribution in [0.25, 0.3) is 0 Å². The third-order valence-electron chi connectivity index (χ3n) is 4.93. The molecule has 0 bridgehead atoms. The molecule has 0 radical (unpaired) electrons. The Morgan fingerprint density at radius 3 is 1.03 bits per heavy atom. The van der Waals surface area contributed by atoms with Crippen LogP contribution >= 0.6 is 0 Å². The summed E-state index contributed by atoms with van der Waals surface area (Å²) in [5.74, 6) is 0. The molecule has 0 saturated heterocycles. The van der Waals surface area contributed by atoms with Crippen LogP contribution in [0.15, 0.2) is 132 Å². The van der Waals surface area contributed by atoms with Crippen LogP contribution in [0.4, 0.5) is 0 Å². The van der Waals surface area contributed by atoms with Crippen molar-refractivity contribution in [3.63, 3.8) is 0 Å². The maximum Gasteiger partial charge on any atom is 0.0746 e. The third-order valence-corrected chi connectivity index (χ3v) is 4.93. The van der Waals surface area contributed by atoms with Crippen molar-refractivity contribution in [3.05, 3.63) is 144 Å². The fourth-order valence-corrected chi connectivity index (χ4v) is 3.35. The monoisotopic (exact) mass is 388 g/mol. The van der Waals surface area contributed by atoms with Crippen molar-refractivity contribution in [1.29, 1.82) is 0 Å². The Hall–Kier alpha value is -3.78. The molecule has 0 amide bonds. The summed E-state index contributed by atoms with van der Waals surface area (Å²) in [4.78, 5) is 0. The fourth-order valence-electron chi connectivity index (χ4n) is 3.35. The Balaban J connectivity index is 1.72. The highest BCUT2D eigenvalue weighted by Gasteiger charge is 2.08. The maximum absolute atomic E-state index is 4.77. The van der Waals surface area contributed by atoms with E-state index in [2.05, 4.69) is 72.8 Å². The standard InChI is InChI=1S/C28H24N2/c1-5-13-23(14-6-1)21-27(25-17-9-3-10-18-25)29-30-28(26-19-11-4-12-20-26)22-24-15-7-2-8-16-24/h1-20H,21-22H2/b29-27+,30-28+. The zero-order valence-electron chi connectivity index (χ0n) is 16.9. The van der Waals surface area contributed by atoms with Crippen molar-refractivity contribution in [2.75, 3.05) is 0 Å². The first-order chi connectivity index (χ1) is 14.9. The Morgan fingerprint density at radius 1 is 0.400 bits per heavy atom. The minimum atomic E-state index is 0.738. The van der Waals surface area contributed by atoms with Gasteiger partial charge in [0.05, 0.1) is 11.4 Å². The summed E-state index contributed by atoms with van der Waals surface area (Å²) in [6.07, 6.45) is 1.48. The lowest BCUT2D eigenvalue weighted by molar-refractivity contribution is 1.15. The molecule has 0 fully saturated rings. The van der Waals surface area contributed by atoms with Gasteiger partial charge in [-0.25, -0.2) is 0 Å². The molecular weight excluding hydrogens is 364 g/mol. The summed E-state index contributed by atoms with van der Waals surface area (Å²) in [5.41, 5.74) is 6.56. The van der Waals surface area contributed by atoms with E-state index in [-0.39, 0.29) is 0 Å². The molecule has 2 heteroatoms. The molecule has 0 aliphatic carbocycles. The first-order valence-electron chi connectivity index (χ1n) is 10.2. The largest absolute Gasteiger partial charge is 0.154 e.